The Morgan fingerprint density at radius 2 is 1.50 bits per heavy atom. The number of hydrogen-bond donors (Lipinski definition) is 0. The van der Waals surface area contributed by atoms with Gasteiger partial charge in [0, 0.05) is 0 Å². The SMILES string of the molecule is Clc1ccc(C(Br)c2ccccc2)cc1Cl. The number of halogens is 3. The molecule has 1 unspecified atom stereocenters. The largest absolute Gasteiger partial charge is 0.0827 e. The highest BCUT2D eigenvalue weighted by molar-refractivity contribution is 9.09. The Labute approximate surface area is 113 Å². The van der Waals surface area contributed by atoms with Gasteiger partial charge in [-0.15, -0.1) is 0 Å². The zero-order valence-corrected chi connectivity index (χ0v) is 11.4. The Bertz CT molecular complexity index is 483. The van der Waals surface area contributed by atoms with E-state index in [9.17, 15) is 0 Å². The van der Waals surface area contributed by atoms with Gasteiger partial charge in [0.05, 0.1) is 14.9 Å². The first-order chi connectivity index (χ1) is 7.68. The molecule has 0 N–H and O–H groups in total. The van der Waals surface area contributed by atoms with Gasteiger partial charge < -0.3 is 0 Å². The average molecular weight is 316 g/mol. The number of benzene rings is 2. The second kappa shape index (κ2) is 5.22. The molecule has 3 heteroatoms. The van der Waals surface area contributed by atoms with E-state index < -0.39 is 0 Å². The molecule has 1 atom stereocenters. The minimum Gasteiger partial charge on any atom is -0.0827 e. The van der Waals surface area contributed by atoms with Gasteiger partial charge in [-0.1, -0.05) is 75.5 Å². The standard InChI is InChI=1S/C13H9BrCl2/c14-13(9-4-2-1-3-5-9)10-6-7-11(15)12(16)8-10/h1-8,13H. The van der Waals surface area contributed by atoms with Crippen LogP contribution in [0.1, 0.15) is 16.0 Å². The average Bonchev–Trinajstić information content (AvgIpc) is 2.33. The van der Waals surface area contributed by atoms with Crippen molar-refractivity contribution in [1.82, 2.24) is 0 Å². The van der Waals surface area contributed by atoms with Gasteiger partial charge in [-0.25, -0.2) is 0 Å². The summed E-state index contributed by atoms with van der Waals surface area (Å²) in [6.07, 6.45) is 0. The maximum atomic E-state index is 5.99. The fraction of sp³-hybridized carbons (Fsp3) is 0.0769. The van der Waals surface area contributed by atoms with Gasteiger partial charge in [-0.3, -0.25) is 0 Å². The van der Waals surface area contributed by atoms with Crippen molar-refractivity contribution >= 4 is 39.1 Å². The zero-order valence-electron chi connectivity index (χ0n) is 8.33. The topological polar surface area (TPSA) is 0 Å². The summed E-state index contributed by atoms with van der Waals surface area (Å²) in [6.45, 7) is 0. The lowest BCUT2D eigenvalue weighted by Crippen LogP contribution is -1.92. The predicted molar refractivity (Wildman–Crippen MR) is 73.7 cm³/mol. The van der Waals surface area contributed by atoms with E-state index in [1.54, 1.807) is 0 Å². The summed E-state index contributed by atoms with van der Waals surface area (Å²) in [4.78, 5) is 0.142. The Morgan fingerprint density at radius 1 is 0.812 bits per heavy atom. The van der Waals surface area contributed by atoms with Crippen LogP contribution in [0, 0.1) is 0 Å². The third kappa shape index (κ3) is 2.60. The molecular weight excluding hydrogens is 307 g/mol. The summed E-state index contributed by atoms with van der Waals surface area (Å²) >= 11 is 15.5. The monoisotopic (exact) mass is 314 g/mol. The van der Waals surface area contributed by atoms with Crippen LogP contribution in [0.15, 0.2) is 48.5 Å². The van der Waals surface area contributed by atoms with Crippen LogP contribution in [-0.4, -0.2) is 0 Å². The van der Waals surface area contributed by atoms with Crippen LogP contribution in [0.3, 0.4) is 0 Å². The van der Waals surface area contributed by atoms with Crippen molar-refractivity contribution in [2.75, 3.05) is 0 Å². The van der Waals surface area contributed by atoms with E-state index in [4.69, 9.17) is 23.2 Å². The molecule has 0 nitrogen and oxygen atoms in total. The van der Waals surface area contributed by atoms with Gasteiger partial charge in [0.2, 0.25) is 0 Å². The Morgan fingerprint density at radius 3 is 2.12 bits per heavy atom. The molecule has 0 saturated heterocycles. The highest BCUT2D eigenvalue weighted by Gasteiger charge is 2.10. The van der Waals surface area contributed by atoms with E-state index >= 15 is 0 Å². The van der Waals surface area contributed by atoms with Crippen molar-refractivity contribution in [3.8, 4) is 0 Å². The second-order valence-corrected chi connectivity index (χ2v) is 5.18. The molecule has 2 aromatic rings. The lowest BCUT2D eigenvalue weighted by Gasteiger charge is -2.11. The second-order valence-electron chi connectivity index (χ2n) is 3.45. The Hall–Kier alpha value is -0.500. The molecule has 16 heavy (non-hydrogen) atoms. The molecular formula is C13H9BrCl2. The Balaban J connectivity index is 2.34. The molecule has 0 aromatic heterocycles. The van der Waals surface area contributed by atoms with E-state index in [2.05, 4.69) is 28.1 Å². The normalized spacial score (nSPS) is 12.4. The molecule has 0 aliphatic heterocycles. The van der Waals surface area contributed by atoms with Crippen molar-refractivity contribution in [3.05, 3.63) is 69.7 Å². The van der Waals surface area contributed by atoms with Crippen molar-refractivity contribution in [2.45, 2.75) is 4.83 Å². The van der Waals surface area contributed by atoms with Gasteiger partial charge in [0.15, 0.2) is 0 Å². The van der Waals surface area contributed by atoms with E-state index in [0.29, 0.717) is 10.0 Å². The summed E-state index contributed by atoms with van der Waals surface area (Å²) in [5, 5.41) is 1.16. The number of hydrogen-bond acceptors (Lipinski definition) is 0. The minimum absolute atomic E-state index is 0.142. The van der Waals surface area contributed by atoms with Crippen molar-refractivity contribution in [3.63, 3.8) is 0 Å². The number of rotatable bonds is 2. The fourth-order valence-electron chi connectivity index (χ4n) is 1.48. The maximum absolute atomic E-state index is 5.99. The first-order valence-electron chi connectivity index (χ1n) is 4.82. The lowest BCUT2D eigenvalue weighted by molar-refractivity contribution is 1.18. The molecule has 2 aromatic carbocycles. The highest BCUT2D eigenvalue weighted by Crippen LogP contribution is 2.33. The highest BCUT2D eigenvalue weighted by atomic mass is 79.9. The van der Waals surface area contributed by atoms with Gasteiger partial charge >= 0.3 is 0 Å². The van der Waals surface area contributed by atoms with E-state index in [0.717, 1.165) is 5.56 Å². The fourth-order valence-corrected chi connectivity index (χ4v) is 2.38. The van der Waals surface area contributed by atoms with Crippen LogP contribution < -0.4 is 0 Å². The molecule has 82 valence electrons. The molecule has 0 saturated carbocycles. The van der Waals surface area contributed by atoms with Crippen molar-refractivity contribution < 1.29 is 0 Å². The van der Waals surface area contributed by atoms with Crippen LogP contribution in [-0.2, 0) is 0 Å². The molecule has 0 aliphatic rings. The molecule has 0 spiro atoms. The zero-order chi connectivity index (χ0) is 11.5. The third-order valence-electron chi connectivity index (χ3n) is 2.33. The molecule has 0 bridgehead atoms. The molecule has 0 heterocycles. The Kier molecular flexibility index (Phi) is 3.91. The summed E-state index contributed by atoms with van der Waals surface area (Å²) in [5.74, 6) is 0. The van der Waals surface area contributed by atoms with Crippen LogP contribution in [0.25, 0.3) is 0 Å². The number of alkyl halides is 1. The van der Waals surface area contributed by atoms with Crippen LogP contribution in [0.4, 0.5) is 0 Å². The molecule has 2 rings (SSSR count). The smallest absolute Gasteiger partial charge is 0.0645 e. The summed E-state index contributed by atoms with van der Waals surface area (Å²) < 4.78 is 0. The van der Waals surface area contributed by atoms with Crippen molar-refractivity contribution in [1.29, 1.82) is 0 Å². The molecule has 0 aliphatic carbocycles. The van der Waals surface area contributed by atoms with Crippen LogP contribution in [0.5, 0.6) is 0 Å². The first kappa shape index (κ1) is 12.0. The molecule has 0 amide bonds. The first-order valence-corrected chi connectivity index (χ1v) is 6.49. The molecule has 0 radical (unpaired) electrons. The van der Waals surface area contributed by atoms with E-state index in [-0.39, 0.29) is 4.83 Å². The van der Waals surface area contributed by atoms with Gasteiger partial charge in [-0.05, 0) is 23.3 Å². The van der Waals surface area contributed by atoms with E-state index in [1.807, 2.05) is 36.4 Å². The maximum Gasteiger partial charge on any atom is 0.0645 e. The van der Waals surface area contributed by atoms with Gasteiger partial charge in [-0.2, -0.15) is 0 Å². The van der Waals surface area contributed by atoms with Crippen LogP contribution in [0.2, 0.25) is 10.0 Å². The quantitative estimate of drug-likeness (QED) is 0.644. The third-order valence-corrected chi connectivity index (χ3v) is 4.12. The van der Waals surface area contributed by atoms with Gasteiger partial charge in [0.1, 0.15) is 0 Å². The predicted octanol–water partition coefficient (Wildman–Crippen LogP) is 5.48. The summed E-state index contributed by atoms with van der Waals surface area (Å²) in [7, 11) is 0. The minimum atomic E-state index is 0.142. The van der Waals surface area contributed by atoms with E-state index in [1.165, 1.54) is 5.56 Å². The summed E-state index contributed by atoms with van der Waals surface area (Å²) in [5.41, 5.74) is 2.29. The lowest BCUT2D eigenvalue weighted by atomic mass is 10.1. The van der Waals surface area contributed by atoms with Gasteiger partial charge in [0.25, 0.3) is 0 Å². The van der Waals surface area contributed by atoms with Crippen molar-refractivity contribution in [2.24, 2.45) is 0 Å². The summed E-state index contributed by atoms with van der Waals surface area (Å²) in [6, 6.07) is 15.8. The molecule has 0 fully saturated rings. The van der Waals surface area contributed by atoms with Crippen LogP contribution >= 0.6 is 39.1 Å².